The summed E-state index contributed by atoms with van der Waals surface area (Å²) in [7, 11) is 1.70. The predicted octanol–water partition coefficient (Wildman–Crippen LogP) is 2.77. The zero-order valence-electron chi connectivity index (χ0n) is 15.8. The fourth-order valence-electron chi connectivity index (χ4n) is 3.92. The third-order valence-corrected chi connectivity index (χ3v) is 5.51. The van der Waals surface area contributed by atoms with Crippen LogP contribution in [0.15, 0.2) is 53.5 Å². The van der Waals surface area contributed by atoms with Crippen molar-refractivity contribution in [2.24, 2.45) is 0 Å². The molecule has 1 aliphatic heterocycles. The van der Waals surface area contributed by atoms with E-state index in [1.165, 1.54) is 18.4 Å². The molecule has 142 valence electrons. The highest BCUT2D eigenvalue weighted by Crippen LogP contribution is 2.29. The van der Waals surface area contributed by atoms with Gasteiger partial charge in [-0.25, -0.2) is 9.48 Å². The maximum atomic E-state index is 12.3. The molecule has 1 saturated heterocycles. The zero-order valence-corrected chi connectivity index (χ0v) is 15.8. The topological polar surface area (TPSA) is 51.8 Å². The van der Waals surface area contributed by atoms with Gasteiger partial charge < -0.3 is 9.64 Å². The average Bonchev–Trinajstić information content (AvgIpc) is 3.05. The fourth-order valence-corrected chi connectivity index (χ4v) is 3.92. The van der Waals surface area contributed by atoms with E-state index in [9.17, 15) is 4.79 Å². The molecule has 27 heavy (non-hydrogen) atoms. The molecule has 1 fully saturated rings. The summed E-state index contributed by atoms with van der Waals surface area (Å²) in [6, 6.07) is 14.1. The molecule has 0 bridgehead atoms. The smallest absolute Gasteiger partial charge is 0.350 e. The Morgan fingerprint density at radius 1 is 1.07 bits per heavy atom. The first-order valence-corrected chi connectivity index (χ1v) is 9.65. The number of pyridine rings is 1. The molecule has 0 radical (unpaired) electrons. The van der Waals surface area contributed by atoms with Gasteiger partial charge in [0.25, 0.3) is 0 Å². The van der Waals surface area contributed by atoms with Gasteiger partial charge in [0.05, 0.1) is 7.11 Å². The minimum Gasteiger partial charge on any atom is -0.497 e. The molecule has 2 aromatic heterocycles. The largest absolute Gasteiger partial charge is 0.497 e. The van der Waals surface area contributed by atoms with E-state index in [1.807, 2.05) is 30.3 Å². The summed E-state index contributed by atoms with van der Waals surface area (Å²) >= 11 is 0. The third kappa shape index (κ3) is 3.90. The van der Waals surface area contributed by atoms with Crippen LogP contribution in [0.4, 0.5) is 0 Å². The number of methoxy groups -OCH3 is 1. The van der Waals surface area contributed by atoms with Crippen LogP contribution in [0.1, 0.15) is 30.7 Å². The quantitative estimate of drug-likeness (QED) is 0.673. The first-order chi connectivity index (χ1) is 13.2. The number of nitrogens with zero attached hydrogens (tertiary/aromatic N) is 4. The minimum absolute atomic E-state index is 0.0520. The van der Waals surface area contributed by atoms with Crippen LogP contribution in [0, 0.1) is 0 Å². The van der Waals surface area contributed by atoms with Gasteiger partial charge in [-0.1, -0.05) is 18.2 Å². The summed E-state index contributed by atoms with van der Waals surface area (Å²) in [5, 5.41) is 4.40. The Kier molecular flexibility index (Phi) is 5.25. The normalized spacial score (nSPS) is 16.0. The van der Waals surface area contributed by atoms with Gasteiger partial charge in [-0.3, -0.25) is 4.40 Å². The number of fused-ring (bicyclic) bond motifs is 1. The van der Waals surface area contributed by atoms with Crippen molar-refractivity contribution in [2.45, 2.75) is 31.7 Å². The highest BCUT2D eigenvalue weighted by Gasteiger charge is 2.20. The molecule has 0 atom stereocenters. The molecule has 0 aliphatic carbocycles. The molecule has 6 nitrogen and oxygen atoms in total. The molecule has 1 aliphatic rings. The minimum atomic E-state index is -0.0520. The second kappa shape index (κ2) is 7.96. The molecular formula is C21H26N4O2. The number of hydrogen-bond donors (Lipinski definition) is 0. The SMILES string of the molecule is COc1ccc(C2CCN(CCCn3nc4ccccn4c3=O)CC2)cc1. The molecule has 0 saturated carbocycles. The lowest BCUT2D eigenvalue weighted by molar-refractivity contribution is 0.206. The Hall–Kier alpha value is -2.60. The van der Waals surface area contributed by atoms with Crippen molar-refractivity contribution in [1.82, 2.24) is 19.1 Å². The summed E-state index contributed by atoms with van der Waals surface area (Å²) in [4.78, 5) is 14.8. The Morgan fingerprint density at radius 3 is 2.56 bits per heavy atom. The van der Waals surface area contributed by atoms with Crippen molar-refractivity contribution in [3.63, 3.8) is 0 Å². The summed E-state index contributed by atoms with van der Waals surface area (Å²) in [6.07, 6.45) is 5.07. The lowest BCUT2D eigenvalue weighted by Crippen LogP contribution is -2.34. The third-order valence-electron chi connectivity index (χ3n) is 5.51. The highest BCUT2D eigenvalue weighted by molar-refractivity contribution is 5.35. The molecular weight excluding hydrogens is 340 g/mol. The van der Waals surface area contributed by atoms with Crippen molar-refractivity contribution in [1.29, 1.82) is 0 Å². The number of ether oxygens (including phenoxy) is 1. The number of likely N-dealkylation sites (tertiary alicyclic amines) is 1. The predicted molar refractivity (Wildman–Crippen MR) is 105 cm³/mol. The monoisotopic (exact) mass is 366 g/mol. The van der Waals surface area contributed by atoms with Crippen LogP contribution in [-0.2, 0) is 6.54 Å². The second-order valence-corrected chi connectivity index (χ2v) is 7.18. The van der Waals surface area contributed by atoms with Gasteiger partial charge in [-0.2, -0.15) is 0 Å². The first-order valence-electron chi connectivity index (χ1n) is 9.65. The van der Waals surface area contributed by atoms with Crippen molar-refractivity contribution in [3.8, 4) is 5.75 Å². The molecule has 0 N–H and O–H groups in total. The summed E-state index contributed by atoms with van der Waals surface area (Å²) in [5.41, 5.74) is 2.07. The van der Waals surface area contributed by atoms with E-state index in [0.717, 1.165) is 31.8 Å². The Labute approximate surface area is 159 Å². The molecule has 1 aromatic carbocycles. The van der Waals surface area contributed by atoms with Crippen LogP contribution in [0.25, 0.3) is 5.65 Å². The van der Waals surface area contributed by atoms with Gasteiger partial charge in [-0.05, 0) is 74.6 Å². The lowest BCUT2D eigenvalue weighted by atomic mass is 9.89. The molecule has 4 rings (SSSR count). The van der Waals surface area contributed by atoms with Gasteiger partial charge in [0.15, 0.2) is 5.65 Å². The van der Waals surface area contributed by atoms with Gasteiger partial charge in [-0.15, -0.1) is 5.10 Å². The second-order valence-electron chi connectivity index (χ2n) is 7.18. The van der Waals surface area contributed by atoms with Gasteiger partial charge in [0, 0.05) is 12.7 Å². The number of rotatable bonds is 6. The van der Waals surface area contributed by atoms with E-state index < -0.39 is 0 Å². The van der Waals surface area contributed by atoms with Crippen LogP contribution < -0.4 is 10.4 Å². The maximum absolute atomic E-state index is 12.3. The van der Waals surface area contributed by atoms with Crippen LogP contribution in [-0.4, -0.2) is 45.8 Å². The average molecular weight is 366 g/mol. The van der Waals surface area contributed by atoms with Gasteiger partial charge in [0.1, 0.15) is 5.75 Å². The molecule has 3 aromatic rings. The Bertz CT molecular complexity index is 937. The number of aryl methyl sites for hydroxylation is 1. The first kappa shape index (κ1) is 17.8. The Morgan fingerprint density at radius 2 is 1.85 bits per heavy atom. The summed E-state index contributed by atoms with van der Waals surface area (Å²) in [5.74, 6) is 1.55. The zero-order chi connectivity index (χ0) is 18.6. The van der Waals surface area contributed by atoms with Crippen LogP contribution in [0.5, 0.6) is 5.75 Å². The van der Waals surface area contributed by atoms with E-state index in [4.69, 9.17) is 4.74 Å². The maximum Gasteiger partial charge on any atom is 0.350 e. The fraction of sp³-hybridized carbons (Fsp3) is 0.429. The van der Waals surface area contributed by atoms with Crippen molar-refractivity contribution >= 4 is 5.65 Å². The molecule has 0 spiro atoms. The van der Waals surface area contributed by atoms with Crippen molar-refractivity contribution in [3.05, 3.63) is 64.7 Å². The summed E-state index contributed by atoms with van der Waals surface area (Å²) in [6.45, 7) is 3.89. The number of aromatic nitrogens is 3. The lowest BCUT2D eigenvalue weighted by Gasteiger charge is -2.32. The summed E-state index contributed by atoms with van der Waals surface area (Å²) < 4.78 is 8.42. The van der Waals surface area contributed by atoms with E-state index in [2.05, 4.69) is 22.1 Å². The molecule has 0 unspecified atom stereocenters. The number of hydrogen-bond acceptors (Lipinski definition) is 4. The highest BCUT2D eigenvalue weighted by atomic mass is 16.5. The molecule has 6 heteroatoms. The Balaban J connectivity index is 1.26. The van der Waals surface area contributed by atoms with Crippen molar-refractivity contribution in [2.75, 3.05) is 26.7 Å². The van der Waals surface area contributed by atoms with Gasteiger partial charge in [0.2, 0.25) is 0 Å². The van der Waals surface area contributed by atoms with Crippen LogP contribution in [0.2, 0.25) is 0 Å². The number of piperidine rings is 1. The van der Waals surface area contributed by atoms with E-state index >= 15 is 0 Å². The van der Waals surface area contributed by atoms with Crippen LogP contribution >= 0.6 is 0 Å². The van der Waals surface area contributed by atoms with E-state index in [0.29, 0.717) is 18.1 Å². The van der Waals surface area contributed by atoms with E-state index in [-0.39, 0.29) is 5.69 Å². The van der Waals surface area contributed by atoms with Crippen molar-refractivity contribution < 1.29 is 4.74 Å². The standard InChI is InChI=1S/C21H26N4O2/c1-27-19-8-6-17(7-9-19)18-10-15-23(16-11-18)12-4-14-25-21(26)24-13-3-2-5-20(24)22-25/h2-3,5-9,13,18H,4,10-12,14-16H2,1H3. The number of benzene rings is 1. The van der Waals surface area contributed by atoms with E-state index in [1.54, 1.807) is 22.4 Å². The molecule has 0 amide bonds. The molecule has 3 heterocycles. The van der Waals surface area contributed by atoms with Gasteiger partial charge >= 0.3 is 5.69 Å². The van der Waals surface area contributed by atoms with Crippen LogP contribution in [0.3, 0.4) is 0 Å².